The molecule has 0 radical (unpaired) electrons. The summed E-state index contributed by atoms with van der Waals surface area (Å²) >= 11 is 0. The van der Waals surface area contributed by atoms with Crippen LogP contribution in [0.25, 0.3) is 11.1 Å². The van der Waals surface area contributed by atoms with Crippen molar-refractivity contribution in [3.63, 3.8) is 0 Å². The van der Waals surface area contributed by atoms with Crippen LogP contribution in [0.3, 0.4) is 0 Å². The van der Waals surface area contributed by atoms with E-state index in [9.17, 15) is 9.59 Å². The number of amides is 2. The van der Waals surface area contributed by atoms with E-state index in [1.807, 2.05) is 37.3 Å². The summed E-state index contributed by atoms with van der Waals surface area (Å²) in [4.78, 5) is 27.9. The van der Waals surface area contributed by atoms with Crippen LogP contribution in [0.1, 0.15) is 31.8 Å². The molecule has 0 bridgehead atoms. The van der Waals surface area contributed by atoms with Crippen molar-refractivity contribution >= 4 is 11.8 Å². The van der Waals surface area contributed by atoms with Crippen molar-refractivity contribution in [3.8, 4) is 11.1 Å². The van der Waals surface area contributed by atoms with Gasteiger partial charge >= 0.3 is 0 Å². The lowest BCUT2D eigenvalue weighted by molar-refractivity contribution is 0.0706. The number of nitrogens with one attached hydrogen (secondary N) is 2. The molecule has 0 saturated heterocycles. The normalized spacial score (nSPS) is 10.3. The van der Waals surface area contributed by atoms with Gasteiger partial charge in [0.05, 0.1) is 5.56 Å². The first kappa shape index (κ1) is 18.3. The molecule has 2 amide bonds. The van der Waals surface area contributed by atoms with E-state index in [4.69, 9.17) is 5.21 Å². The zero-order valence-corrected chi connectivity index (χ0v) is 14.8. The average molecular weight is 361 g/mol. The molecule has 2 aromatic carbocycles. The largest absolute Gasteiger partial charge is 0.348 e. The van der Waals surface area contributed by atoms with Crippen LogP contribution in [0.2, 0.25) is 0 Å². The number of aromatic nitrogens is 1. The first-order valence-corrected chi connectivity index (χ1v) is 8.40. The highest BCUT2D eigenvalue weighted by Gasteiger charge is 2.09. The molecule has 1 aromatic heterocycles. The van der Waals surface area contributed by atoms with E-state index < -0.39 is 5.91 Å². The van der Waals surface area contributed by atoms with Gasteiger partial charge in [0.1, 0.15) is 0 Å². The molecular weight excluding hydrogens is 342 g/mol. The number of aryl methyl sites for hydroxylation is 1. The first-order chi connectivity index (χ1) is 13.1. The molecule has 6 nitrogen and oxygen atoms in total. The van der Waals surface area contributed by atoms with Gasteiger partial charge in [0.2, 0.25) is 0 Å². The van der Waals surface area contributed by atoms with Gasteiger partial charge in [-0.3, -0.25) is 19.8 Å². The Morgan fingerprint density at radius 1 is 0.889 bits per heavy atom. The Kier molecular flexibility index (Phi) is 5.58. The van der Waals surface area contributed by atoms with E-state index in [1.165, 1.54) is 11.8 Å². The maximum Gasteiger partial charge on any atom is 0.274 e. The summed E-state index contributed by atoms with van der Waals surface area (Å²) < 4.78 is 0. The Morgan fingerprint density at radius 3 is 2.26 bits per heavy atom. The molecular formula is C21H19N3O3. The Bertz CT molecular complexity index is 951. The Morgan fingerprint density at radius 2 is 1.59 bits per heavy atom. The van der Waals surface area contributed by atoms with E-state index in [2.05, 4.69) is 10.3 Å². The van der Waals surface area contributed by atoms with Gasteiger partial charge in [-0.1, -0.05) is 42.0 Å². The van der Waals surface area contributed by atoms with Gasteiger partial charge in [0, 0.05) is 30.1 Å². The number of nitrogens with zero attached hydrogens (tertiary/aromatic N) is 1. The van der Waals surface area contributed by atoms with Gasteiger partial charge < -0.3 is 5.32 Å². The quantitative estimate of drug-likeness (QED) is 0.481. The third-order valence-electron chi connectivity index (χ3n) is 4.16. The second kappa shape index (κ2) is 8.25. The summed E-state index contributed by atoms with van der Waals surface area (Å²) in [6, 6.07) is 16.4. The lowest BCUT2D eigenvalue weighted by Crippen LogP contribution is -2.23. The molecule has 0 saturated carbocycles. The molecule has 0 aliphatic rings. The summed E-state index contributed by atoms with van der Waals surface area (Å²) in [5, 5.41) is 11.5. The summed E-state index contributed by atoms with van der Waals surface area (Å²) in [5.41, 5.74) is 6.27. The molecule has 0 unspecified atom stereocenters. The van der Waals surface area contributed by atoms with Crippen LogP contribution >= 0.6 is 0 Å². The summed E-state index contributed by atoms with van der Waals surface area (Å²) in [6.07, 6.45) is 3.26. The third kappa shape index (κ3) is 4.56. The first-order valence-electron chi connectivity index (χ1n) is 8.40. The maximum absolute atomic E-state index is 12.4. The Labute approximate surface area is 156 Å². The second-order valence-electron chi connectivity index (χ2n) is 6.15. The summed E-state index contributed by atoms with van der Waals surface area (Å²) in [6.45, 7) is 2.34. The number of hydroxylamine groups is 1. The van der Waals surface area contributed by atoms with Crippen LogP contribution in [-0.2, 0) is 6.54 Å². The Hall–Kier alpha value is -3.51. The molecule has 6 heteroatoms. The van der Waals surface area contributed by atoms with Crippen molar-refractivity contribution in [3.05, 3.63) is 89.2 Å². The predicted molar refractivity (Wildman–Crippen MR) is 101 cm³/mol. The zero-order chi connectivity index (χ0) is 19.2. The fraction of sp³-hybridized carbons (Fsp3) is 0.0952. The summed E-state index contributed by atoms with van der Waals surface area (Å²) in [7, 11) is 0. The van der Waals surface area contributed by atoms with Gasteiger partial charge in [0.25, 0.3) is 11.8 Å². The highest BCUT2D eigenvalue weighted by atomic mass is 16.5. The van der Waals surface area contributed by atoms with Crippen LogP contribution in [0, 0.1) is 6.92 Å². The summed E-state index contributed by atoms with van der Waals surface area (Å²) in [5.74, 6) is -0.807. The minimum absolute atomic E-state index is 0.228. The highest BCUT2D eigenvalue weighted by molar-refractivity contribution is 5.95. The van der Waals surface area contributed by atoms with E-state index in [-0.39, 0.29) is 5.91 Å². The van der Waals surface area contributed by atoms with Crippen molar-refractivity contribution in [1.29, 1.82) is 0 Å². The van der Waals surface area contributed by atoms with Crippen LogP contribution in [-0.4, -0.2) is 22.0 Å². The number of benzene rings is 2. The maximum atomic E-state index is 12.4. The standard InChI is InChI=1S/C21H19N3O3/c1-14-2-6-16(7-3-14)18-10-19(13-22-12-18)20(25)23-11-15-4-8-17(9-5-15)21(26)24-27/h2-10,12-13,27H,11H2,1H3,(H,23,25)(H,24,26). The monoisotopic (exact) mass is 361 g/mol. The lowest BCUT2D eigenvalue weighted by atomic mass is 10.0. The molecule has 136 valence electrons. The minimum Gasteiger partial charge on any atom is -0.348 e. The van der Waals surface area contributed by atoms with Gasteiger partial charge in [-0.25, -0.2) is 5.48 Å². The van der Waals surface area contributed by atoms with Crippen molar-refractivity contribution in [2.75, 3.05) is 0 Å². The van der Waals surface area contributed by atoms with Crippen molar-refractivity contribution in [2.24, 2.45) is 0 Å². The van der Waals surface area contributed by atoms with Crippen LogP contribution in [0.15, 0.2) is 67.0 Å². The number of carbonyl (C=O) groups excluding carboxylic acids is 2. The fourth-order valence-corrected chi connectivity index (χ4v) is 2.59. The van der Waals surface area contributed by atoms with Crippen molar-refractivity contribution < 1.29 is 14.8 Å². The molecule has 0 spiro atoms. The number of pyridine rings is 1. The van der Waals surface area contributed by atoms with Crippen LogP contribution in [0.5, 0.6) is 0 Å². The van der Waals surface area contributed by atoms with Gasteiger partial charge in [-0.15, -0.1) is 0 Å². The zero-order valence-electron chi connectivity index (χ0n) is 14.8. The number of hydrogen-bond donors (Lipinski definition) is 3. The highest BCUT2D eigenvalue weighted by Crippen LogP contribution is 2.20. The molecule has 1 heterocycles. The topological polar surface area (TPSA) is 91.3 Å². The molecule has 0 atom stereocenters. The smallest absolute Gasteiger partial charge is 0.274 e. The van der Waals surface area contributed by atoms with E-state index in [0.717, 1.165) is 16.7 Å². The van der Waals surface area contributed by atoms with E-state index in [1.54, 1.807) is 35.9 Å². The van der Waals surface area contributed by atoms with Gasteiger partial charge in [0.15, 0.2) is 0 Å². The predicted octanol–water partition coefficient (Wildman–Crippen LogP) is 3.11. The third-order valence-corrected chi connectivity index (χ3v) is 4.16. The fourth-order valence-electron chi connectivity index (χ4n) is 2.59. The minimum atomic E-state index is -0.579. The SMILES string of the molecule is Cc1ccc(-c2cncc(C(=O)NCc3ccc(C(=O)NO)cc3)c2)cc1. The number of hydrogen-bond acceptors (Lipinski definition) is 4. The lowest BCUT2D eigenvalue weighted by Gasteiger charge is -2.08. The molecule has 3 N–H and O–H groups in total. The molecule has 3 aromatic rings. The average Bonchev–Trinajstić information content (AvgIpc) is 2.72. The number of carbonyl (C=O) groups is 2. The Balaban J connectivity index is 1.67. The van der Waals surface area contributed by atoms with Crippen molar-refractivity contribution in [2.45, 2.75) is 13.5 Å². The van der Waals surface area contributed by atoms with E-state index >= 15 is 0 Å². The van der Waals surface area contributed by atoms with E-state index in [0.29, 0.717) is 17.7 Å². The van der Waals surface area contributed by atoms with Gasteiger partial charge in [-0.2, -0.15) is 0 Å². The van der Waals surface area contributed by atoms with Crippen LogP contribution in [0.4, 0.5) is 0 Å². The number of rotatable bonds is 5. The second-order valence-corrected chi connectivity index (χ2v) is 6.15. The van der Waals surface area contributed by atoms with Gasteiger partial charge in [-0.05, 0) is 36.2 Å². The van der Waals surface area contributed by atoms with Crippen molar-refractivity contribution in [1.82, 2.24) is 15.8 Å². The molecule has 27 heavy (non-hydrogen) atoms. The van der Waals surface area contributed by atoms with Crippen LogP contribution < -0.4 is 10.8 Å². The molecule has 0 fully saturated rings. The molecule has 3 rings (SSSR count). The molecule has 0 aliphatic carbocycles. The molecule has 0 aliphatic heterocycles.